The standard InChI is InChI=1S/C14H18N2O4/c17-13(18)5-7-15-14(19)16-9-10-6-8-20-12-4-2-1-3-11(10)12/h1-4,10H,5-9H2,(H,17,18)(H2,15,16,19). The van der Waals surface area contributed by atoms with Crippen molar-refractivity contribution in [3.63, 3.8) is 0 Å². The second-order valence-corrected chi connectivity index (χ2v) is 4.65. The van der Waals surface area contributed by atoms with Gasteiger partial charge in [0.2, 0.25) is 0 Å². The van der Waals surface area contributed by atoms with Crippen LogP contribution in [0.2, 0.25) is 0 Å². The molecule has 0 saturated heterocycles. The number of nitrogens with one attached hydrogen (secondary N) is 2. The Morgan fingerprint density at radius 3 is 2.90 bits per heavy atom. The van der Waals surface area contributed by atoms with Gasteiger partial charge >= 0.3 is 12.0 Å². The maximum Gasteiger partial charge on any atom is 0.314 e. The molecule has 1 aromatic carbocycles. The molecule has 6 heteroatoms. The van der Waals surface area contributed by atoms with Crippen LogP contribution < -0.4 is 15.4 Å². The zero-order chi connectivity index (χ0) is 14.4. The normalized spacial score (nSPS) is 16.7. The fourth-order valence-electron chi connectivity index (χ4n) is 2.19. The average Bonchev–Trinajstić information content (AvgIpc) is 2.44. The van der Waals surface area contributed by atoms with Crippen LogP contribution >= 0.6 is 0 Å². The molecule has 108 valence electrons. The lowest BCUT2D eigenvalue weighted by Gasteiger charge is -2.26. The molecule has 1 aromatic rings. The molecule has 3 N–H and O–H groups in total. The number of hydrogen-bond donors (Lipinski definition) is 3. The van der Waals surface area contributed by atoms with Crippen molar-refractivity contribution in [2.24, 2.45) is 0 Å². The van der Waals surface area contributed by atoms with Gasteiger partial charge in [0.25, 0.3) is 0 Å². The fourth-order valence-corrected chi connectivity index (χ4v) is 2.19. The highest BCUT2D eigenvalue weighted by atomic mass is 16.5. The molecule has 1 aliphatic heterocycles. The number of rotatable bonds is 5. The molecule has 0 radical (unpaired) electrons. The smallest absolute Gasteiger partial charge is 0.314 e. The van der Waals surface area contributed by atoms with Crippen LogP contribution in [0.1, 0.15) is 24.3 Å². The lowest BCUT2D eigenvalue weighted by atomic mass is 9.93. The number of hydrogen-bond acceptors (Lipinski definition) is 3. The maximum atomic E-state index is 11.5. The molecule has 0 fully saturated rings. The maximum absolute atomic E-state index is 11.5. The van der Waals surface area contributed by atoms with Crippen LogP contribution in [-0.2, 0) is 4.79 Å². The SMILES string of the molecule is O=C(O)CCNC(=O)NCC1CCOc2ccccc21. The second-order valence-electron chi connectivity index (χ2n) is 4.65. The number of carbonyl (C=O) groups is 2. The summed E-state index contributed by atoms with van der Waals surface area (Å²) in [4.78, 5) is 21.9. The molecule has 0 aromatic heterocycles. The summed E-state index contributed by atoms with van der Waals surface area (Å²) in [7, 11) is 0. The van der Waals surface area contributed by atoms with E-state index in [4.69, 9.17) is 9.84 Å². The summed E-state index contributed by atoms with van der Waals surface area (Å²) in [6, 6.07) is 7.47. The third-order valence-corrected chi connectivity index (χ3v) is 3.22. The Kier molecular flexibility index (Phi) is 4.81. The van der Waals surface area contributed by atoms with Gasteiger partial charge in [0.05, 0.1) is 13.0 Å². The van der Waals surface area contributed by atoms with Gasteiger partial charge in [0.1, 0.15) is 5.75 Å². The molecule has 0 spiro atoms. The molecule has 1 heterocycles. The van der Waals surface area contributed by atoms with Crippen LogP contribution in [-0.4, -0.2) is 36.8 Å². The van der Waals surface area contributed by atoms with Gasteiger partial charge in [0.15, 0.2) is 0 Å². The van der Waals surface area contributed by atoms with Crippen LogP contribution in [0.4, 0.5) is 4.79 Å². The van der Waals surface area contributed by atoms with Crippen molar-refractivity contribution in [1.82, 2.24) is 10.6 Å². The van der Waals surface area contributed by atoms with Crippen molar-refractivity contribution in [3.05, 3.63) is 29.8 Å². The molecule has 1 unspecified atom stereocenters. The summed E-state index contributed by atoms with van der Waals surface area (Å²) < 4.78 is 5.56. The first-order chi connectivity index (χ1) is 9.66. The minimum absolute atomic E-state index is 0.0759. The number of amides is 2. The van der Waals surface area contributed by atoms with Gasteiger partial charge in [-0.3, -0.25) is 4.79 Å². The summed E-state index contributed by atoms with van der Waals surface area (Å²) in [6.07, 6.45) is 0.778. The predicted octanol–water partition coefficient (Wildman–Crippen LogP) is 1.33. The number of para-hydroxylation sites is 1. The molecule has 0 saturated carbocycles. The second kappa shape index (κ2) is 6.79. The number of aliphatic carboxylic acids is 1. The molecule has 20 heavy (non-hydrogen) atoms. The van der Waals surface area contributed by atoms with E-state index in [-0.39, 0.29) is 24.9 Å². The van der Waals surface area contributed by atoms with Crippen molar-refractivity contribution in [3.8, 4) is 5.75 Å². The highest BCUT2D eigenvalue weighted by molar-refractivity contribution is 5.75. The number of benzene rings is 1. The number of carbonyl (C=O) groups excluding carboxylic acids is 1. The van der Waals surface area contributed by atoms with Crippen LogP contribution in [0.15, 0.2) is 24.3 Å². The van der Waals surface area contributed by atoms with E-state index < -0.39 is 5.97 Å². The van der Waals surface area contributed by atoms with Crippen molar-refractivity contribution >= 4 is 12.0 Å². The van der Waals surface area contributed by atoms with Crippen molar-refractivity contribution in [2.45, 2.75) is 18.8 Å². The van der Waals surface area contributed by atoms with E-state index in [0.717, 1.165) is 17.7 Å². The fraction of sp³-hybridized carbons (Fsp3) is 0.429. The lowest BCUT2D eigenvalue weighted by Crippen LogP contribution is -2.39. The van der Waals surface area contributed by atoms with Gasteiger partial charge in [-0.2, -0.15) is 0 Å². The summed E-state index contributed by atoms with van der Waals surface area (Å²) in [5, 5.41) is 13.8. The zero-order valence-electron chi connectivity index (χ0n) is 11.1. The minimum atomic E-state index is -0.927. The highest BCUT2D eigenvalue weighted by Crippen LogP contribution is 2.32. The van der Waals surface area contributed by atoms with Gasteiger partial charge in [-0.15, -0.1) is 0 Å². The Balaban J connectivity index is 1.80. The van der Waals surface area contributed by atoms with Gasteiger partial charge < -0.3 is 20.5 Å². The number of fused-ring (bicyclic) bond motifs is 1. The third-order valence-electron chi connectivity index (χ3n) is 3.22. The summed E-state index contributed by atoms with van der Waals surface area (Å²) in [5.74, 6) is 0.172. The Morgan fingerprint density at radius 2 is 2.10 bits per heavy atom. The van der Waals surface area contributed by atoms with Gasteiger partial charge in [-0.25, -0.2) is 4.79 Å². The van der Waals surface area contributed by atoms with Crippen molar-refractivity contribution in [2.75, 3.05) is 19.7 Å². The van der Waals surface area contributed by atoms with Crippen LogP contribution in [0.5, 0.6) is 5.75 Å². The number of ether oxygens (including phenoxy) is 1. The van der Waals surface area contributed by atoms with Crippen LogP contribution in [0.3, 0.4) is 0 Å². The van der Waals surface area contributed by atoms with E-state index in [2.05, 4.69) is 10.6 Å². The highest BCUT2D eigenvalue weighted by Gasteiger charge is 2.21. The van der Waals surface area contributed by atoms with Crippen LogP contribution in [0, 0.1) is 0 Å². The number of carboxylic acid groups (broad SMARTS) is 1. The largest absolute Gasteiger partial charge is 0.493 e. The quantitative estimate of drug-likeness (QED) is 0.758. The first-order valence-electron chi connectivity index (χ1n) is 6.62. The summed E-state index contributed by atoms with van der Waals surface area (Å²) >= 11 is 0. The molecular formula is C14H18N2O4. The molecule has 0 bridgehead atoms. The molecule has 1 aliphatic rings. The molecule has 0 aliphatic carbocycles. The van der Waals surface area contributed by atoms with Crippen molar-refractivity contribution in [1.29, 1.82) is 0 Å². The van der Waals surface area contributed by atoms with E-state index in [1.54, 1.807) is 0 Å². The molecule has 1 atom stereocenters. The van der Waals surface area contributed by atoms with Crippen molar-refractivity contribution < 1.29 is 19.4 Å². The first-order valence-corrected chi connectivity index (χ1v) is 6.62. The summed E-state index contributed by atoms with van der Waals surface area (Å²) in [6.45, 7) is 1.29. The Labute approximate surface area is 117 Å². The lowest BCUT2D eigenvalue weighted by molar-refractivity contribution is -0.136. The molecule has 2 amide bonds. The summed E-state index contributed by atoms with van der Waals surface area (Å²) in [5.41, 5.74) is 1.10. The first kappa shape index (κ1) is 14.2. The minimum Gasteiger partial charge on any atom is -0.493 e. The Morgan fingerprint density at radius 1 is 1.30 bits per heavy atom. The third kappa shape index (κ3) is 3.88. The van der Waals surface area contributed by atoms with Gasteiger partial charge in [-0.1, -0.05) is 18.2 Å². The Hall–Kier alpha value is -2.24. The zero-order valence-corrected chi connectivity index (χ0v) is 11.1. The molecule has 6 nitrogen and oxygen atoms in total. The predicted molar refractivity (Wildman–Crippen MR) is 72.9 cm³/mol. The van der Waals surface area contributed by atoms with E-state index in [9.17, 15) is 9.59 Å². The average molecular weight is 278 g/mol. The molecular weight excluding hydrogens is 260 g/mol. The number of carboxylic acids is 1. The van der Waals surface area contributed by atoms with Gasteiger partial charge in [-0.05, 0) is 18.1 Å². The molecule has 2 rings (SSSR count). The van der Waals surface area contributed by atoms with Crippen LogP contribution in [0.25, 0.3) is 0 Å². The van der Waals surface area contributed by atoms with E-state index >= 15 is 0 Å². The Bertz CT molecular complexity index is 490. The van der Waals surface area contributed by atoms with E-state index in [0.29, 0.717) is 13.2 Å². The monoisotopic (exact) mass is 278 g/mol. The number of urea groups is 1. The van der Waals surface area contributed by atoms with Gasteiger partial charge in [0, 0.05) is 19.0 Å². The van der Waals surface area contributed by atoms with E-state index in [1.165, 1.54) is 0 Å². The topological polar surface area (TPSA) is 87.7 Å². The van der Waals surface area contributed by atoms with E-state index in [1.807, 2.05) is 24.3 Å².